The number of rotatable bonds is 3. The van der Waals surface area contributed by atoms with Crippen LogP contribution in [-0.2, 0) is 5.54 Å². The van der Waals surface area contributed by atoms with Crippen LogP contribution in [0, 0.1) is 17.1 Å². The molecule has 1 aliphatic carbocycles. The SMILES string of the molecule is CN1C(=O)N(c2cnc(C#N)nc2)C[C@]12CC[C@](c1cccc(F)c1)(N(C)C)CC2. The maximum atomic E-state index is 13.9. The van der Waals surface area contributed by atoms with Gasteiger partial charge in [0.1, 0.15) is 11.9 Å². The van der Waals surface area contributed by atoms with Crippen molar-refractivity contribution < 1.29 is 9.18 Å². The van der Waals surface area contributed by atoms with Gasteiger partial charge in [0.15, 0.2) is 0 Å². The fraction of sp³-hybridized carbons (Fsp3) is 0.455. The lowest BCUT2D eigenvalue weighted by molar-refractivity contribution is 0.0339. The van der Waals surface area contributed by atoms with Gasteiger partial charge >= 0.3 is 6.03 Å². The Morgan fingerprint density at radius 3 is 2.40 bits per heavy atom. The molecule has 2 heterocycles. The lowest BCUT2D eigenvalue weighted by atomic mass is 9.68. The molecule has 0 unspecified atom stereocenters. The van der Waals surface area contributed by atoms with Gasteiger partial charge in [-0.25, -0.2) is 19.2 Å². The van der Waals surface area contributed by atoms with Crippen molar-refractivity contribution in [2.24, 2.45) is 0 Å². The predicted molar refractivity (Wildman–Crippen MR) is 110 cm³/mol. The summed E-state index contributed by atoms with van der Waals surface area (Å²) in [5, 5.41) is 8.90. The number of anilines is 1. The summed E-state index contributed by atoms with van der Waals surface area (Å²) in [4.78, 5) is 26.7. The normalized spacial score (nSPS) is 26.5. The Bertz CT molecular complexity index is 991. The van der Waals surface area contributed by atoms with Gasteiger partial charge in [-0.3, -0.25) is 9.80 Å². The zero-order chi connectivity index (χ0) is 21.5. The Balaban J connectivity index is 1.59. The van der Waals surface area contributed by atoms with Crippen molar-refractivity contribution in [3.63, 3.8) is 0 Å². The van der Waals surface area contributed by atoms with Crippen molar-refractivity contribution >= 4 is 11.7 Å². The quantitative estimate of drug-likeness (QED) is 0.780. The van der Waals surface area contributed by atoms with Crippen molar-refractivity contribution in [1.29, 1.82) is 5.26 Å². The fourth-order valence-corrected chi connectivity index (χ4v) is 4.97. The molecule has 8 heteroatoms. The molecule has 2 aliphatic rings. The smallest absolute Gasteiger partial charge is 0.320 e. The van der Waals surface area contributed by atoms with Crippen LogP contribution in [0.25, 0.3) is 0 Å². The van der Waals surface area contributed by atoms with E-state index in [4.69, 9.17) is 5.26 Å². The molecule has 4 rings (SSSR count). The van der Waals surface area contributed by atoms with Crippen molar-refractivity contribution in [3.8, 4) is 6.07 Å². The number of urea groups is 1. The molecule has 0 radical (unpaired) electrons. The first kappa shape index (κ1) is 20.2. The molecule has 1 spiro atoms. The van der Waals surface area contributed by atoms with Gasteiger partial charge in [-0.2, -0.15) is 5.26 Å². The lowest BCUT2D eigenvalue weighted by Gasteiger charge is -2.50. The van der Waals surface area contributed by atoms with Crippen LogP contribution in [0.4, 0.5) is 14.9 Å². The number of nitrogens with zero attached hydrogens (tertiary/aromatic N) is 6. The molecule has 2 aromatic rings. The molecule has 2 fully saturated rings. The molecule has 0 bridgehead atoms. The molecule has 1 aromatic heterocycles. The van der Waals surface area contributed by atoms with E-state index in [2.05, 4.69) is 14.9 Å². The van der Waals surface area contributed by atoms with E-state index >= 15 is 0 Å². The summed E-state index contributed by atoms with van der Waals surface area (Å²) < 4.78 is 13.9. The largest absolute Gasteiger partial charge is 0.324 e. The standard InChI is InChI=1S/C22H25FN6O/c1-27(2)22(16-5-4-6-17(23)11-16)9-7-21(8-10-22)15-29(20(30)28(21)3)18-13-25-19(12-24)26-14-18/h4-6,11,13-14H,7-10,15H2,1-3H3/t21-,22+. The van der Waals surface area contributed by atoms with E-state index in [9.17, 15) is 9.18 Å². The highest BCUT2D eigenvalue weighted by Crippen LogP contribution is 2.49. The number of nitriles is 1. The minimum atomic E-state index is -0.294. The molecule has 0 atom stereocenters. The second-order valence-electron chi connectivity index (χ2n) is 8.47. The van der Waals surface area contributed by atoms with E-state index in [1.165, 1.54) is 18.5 Å². The van der Waals surface area contributed by atoms with Crippen LogP contribution in [-0.4, -0.2) is 59.0 Å². The topological polar surface area (TPSA) is 76.4 Å². The highest BCUT2D eigenvalue weighted by molar-refractivity contribution is 5.95. The molecule has 7 nitrogen and oxygen atoms in total. The summed E-state index contributed by atoms with van der Waals surface area (Å²) in [5.41, 5.74) is 1.02. The molecule has 0 N–H and O–H groups in total. The Kier molecular flexibility index (Phi) is 4.94. The fourth-order valence-electron chi connectivity index (χ4n) is 4.97. The third-order valence-corrected chi connectivity index (χ3v) is 6.96. The highest BCUT2D eigenvalue weighted by atomic mass is 19.1. The third-order valence-electron chi connectivity index (χ3n) is 6.96. The molecule has 1 saturated carbocycles. The minimum Gasteiger partial charge on any atom is -0.320 e. The first-order valence-electron chi connectivity index (χ1n) is 10.0. The Hall–Kier alpha value is -3.05. The van der Waals surface area contributed by atoms with Crippen LogP contribution in [0.1, 0.15) is 37.1 Å². The van der Waals surface area contributed by atoms with Gasteiger partial charge in [0.2, 0.25) is 5.82 Å². The number of halogens is 1. The van der Waals surface area contributed by atoms with Crippen LogP contribution in [0.5, 0.6) is 0 Å². The molecule has 2 amide bonds. The van der Waals surface area contributed by atoms with Gasteiger partial charge in [0.05, 0.1) is 30.2 Å². The molecule has 30 heavy (non-hydrogen) atoms. The van der Waals surface area contributed by atoms with Crippen LogP contribution in [0.3, 0.4) is 0 Å². The van der Waals surface area contributed by atoms with E-state index in [1.807, 2.05) is 38.2 Å². The second-order valence-corrected chi connectivity index (χ2v) is 8.47. The summed E-state index contributed by atoms with van der Waals surface area (Å²) in [6.45, 7) is 0.546. The number of carbonyl (C=O) groups excluding carboxylic acids is 1. The first-order chi connectivity index (χ1) is 14.3. The maximum Gasteiger partial charge on any atom is 0.324 e. The molecular formula is C22H25FN6O. The van der Waals surface area contributed by atoms with E-state index in [0.717, 1.165) is 31.2 Å². The predicted octanol–water partition coefficient (Wildman–Crippen LogP) is 3.13. The van der Waals surface area contributed by atoms with Crippen LogP contribution in [0.2, 0.25) is 0 Å². The third kappa shape index (κ3) is 3.10. The van der Waals surface area contributed by atoms with Crippen LogP contribution < -0.4 is 4.90 Å². The van der Waals surface area contributed by atoms with Crippen molar-refractivity contribution in [2.75, 3.05) is 32.6 Å². The Morgan fingerprint density at radius 2 is 1.83 bits per heavy atom. The summed E-state index contributed by atoms with van der Waals surface area (Å²) >= 11 is 0. The Labute approximate surface area is 175 Å². The van der Waals surface area contributed by atoms with Crippen molar-refractivity contribution in [3.05, 3.63) is 53.9 Å². The molecule has 1 aliphatic heterocycles. The average molecular weight is 408 g/mol. The summed E-state index contributed by atoms with van der Waals surface area (Å²) in [6.07, 6.45) is 6.29. The zero-order valence-corrected chi connectivity index (χ0v) is 17.5. The van der Waals surface area contributed by atoms with Crippen molar-refractivity contribution in [1.82, 2.24) is 19.8 Å². The van der Waals surface area contributed by atoms with E-state index < -0.39 is 0 Å². The number of hydrogen-bond donors (Lipinski definition) is 0. The number of benzene rings is 1. The molecular weight excluding hydrogens is 383 g/mol. The number of aromatic nitrogens is 2. The van der Waals surface area contributed by atoms with E-state index in [0.29, 0.717) is 12.2 Å². The van der Waals surface area contributed by atoms with E-state index in [-0.39, 0.29) is 28.8 Å². The lowest BCUT2D eigenvalue weighted by Crippen LogP contribution is -2.54. The molecule has 156 valence electrons. The van der Waals surface area contributed by atoms with Gasteiger partial charge in [0, 0.05) is 12.6 Å². The summed E-state index contributed by atoms with van der Waals surface area (Å²) in [6, 6.07) is 8.65. The first-order valence-corrected chi connectivity index (χ1v) is 10.0. The number of hydrogen-bond acceptors (Lipinski definition) is 5. The monoisotopic (exact) mass is 408 g/mol. The van der Waals surface area contributed by atoms with E-state index in [1.54, 1.807) is 17.0 Å². The second kappa shape index (κ2) is 7.33. The number of likely N-dealkylation sites (N-methyl/N-ethyl adjacent to an activating group) is 1. The van der Waals surface area contributed by atoms with Gasteiger partial charge < -0.3 is 4.90 Å². The minimum absolute atomic E-state index is 0.0805. The molecule has 1 saturated heterocycles. The maximum absolute atomic E-state index is 13.9. The van der Waals surface area contributed by atoms with Crippen molar-refractivity contribution in [2.45, 2.75) is 36.8 Å². The highest BCUT2D eigenvalue weighted by Gasteiger charge is 2.53. The van der Waals surface area contributed by atoms with Crippen LogP contribution >= 0.6 is 0 Å². The van der Waals surface area contributed by atoms with Gasteiger partial charge in [-0.1, -0.05) is 12.1 Å². The van der Waals surface area contributed by atoms with Gasteiger partial charge in [0.25, 0.3) is 0 Å². The molecule has 1 aromatic carbocycles. The van der Waals surface area contributed by atoms with Crippen LogP contribution in [0.15, 0.2) is 36.7 Å². The number of carbonyl (C=O) groups is 1. The van der Waals surface area contributed by atoms with Gasteiger partial charge in [-0.05, 0) is 57.5 Å². The number of amides is 2. The summed E-state index contributed by atoms with van der Waals surface area (Å²) in [5.74, 6) is -0.147. The Morgan fingerprint density at radius 1 is 1.17 bits per heavy atom. The summed E-state index contributed by atoms with van der Waals surface area (Å²) in [7, 11) is 5.91. The zero-order valence-electron chi connectivity index (χ0n) is 17.5. The average Bonchev–Trinajstić information content (AvgIpc) is 3.00. The van der Waals surface area contributed by atoms with Gasteiger partial charge in [-0.15, -0.1) is 0 Å².